The van der Waals surface area contributed by atoms with E-state index >= 15 is 0 Å². The second kappa shape index (κ2) is 13.4. The zero-order valence-corrected chi connectivity index (χ0v) is 15.9. The summed E-state index contributed by atoms with van der Waals surface area (Å²) in [7, 11) is 0. The highest BCUT2D eigenvalue weighted by Gasteiger charge is 2.28. The molecule has 0 aromatic carbocycles. The maximum Gasteiger partial charge on any atom is 0.0786 e. The summed E-state index contributed by atoms with van der Waals surface area (Å²) in [5, 5.41) is 0. The molecule has 0 unspecified atom stereocenters. The number of hydrogen-bond acceptors (Lipinski definition) is 0. The highest BCUT2D eigenvalue weighted by molar-refractivity contribution is 4.56. The van der Waals surface area contributed by atoms with Crippen molar-refractivity contribution in [3.05, 3.63) is 0 Å². The number of piperidine rings is 1. The standard InChI is InChI=1S/C21H44N/c1-3-5-7-8-9-10-11-12-13-15-19-22(18-6-4-2)20-16-14-17-21-22/h3-21H2,1-2H3/q+1. The van der Waals surface area contributed by atoms with Crippen molar-refractivity contribution in [2.45, 2.75) is 110 Å². The molecule has 1 nitrogen and oxygen atoms in total. The molecule has 1 heterocycles. The van der Waals surface area contributed by atoms with E-state index in [4.69, 9.17) is 0 Å². The van der Waals surface area contributed by atoms with E-state index in [0.717, 1.165) is 0 Å². The number of nitrogens with zero attached hydrogens (tertiary/aromatic N) is 1. The highest BCUT2D eigenvalue weighted by atomic mass is 15.3. The molecule has 1 rings (SSSR count). The Labute approximate surface area is 141 Å². The molecule has 0 aromatic heterocycles. The highest BCUT2D eigenvalue weighted by Crippen LogP contribution is 2.22. The van der Waals surface area contributed by atoms with Crippen molar-refractivity contribution in [1.82, 2.24) is 0 Å². The van der Waals surface area contributed by atoms with Crippen molar-refractivity contribution in [2.75, 3.05) is 26.2 Å². The minimum atomic E-state index is 1.37. The summed E-state index contributed by atoms with van der Waals surface area (Å²) in [6.45, 7) is 10.6. The molecule has 0 saturated carbocycles. The van der Waals surface area contributed by atoms with Gasteiger partial charge in [-0.3, -0.25) is 0 Å². The normalized spacial score (nSPS) is 17.7. The summed E-state index contributed by atoms with van der Waals surface area (Å²) < 4.78 is 1.48. The van der Waals surface area contributed by atoms with Crippen molar-refractivity contribution in [3.8, 4) is 0 Å². The average molecular weight is 311 g/mol. The SMILES string of the molecule is CCCCCCCCCCCC[N+]1(CCCC)CCCCC1. The molecule has 0 radical (unpaired) electrons. The Bertz CT molecular complexity index is 230. The zero-order valence-electron chi connectivity index (χ0n) is 15.9. The summed E-state index contributed by atoms with van der Waals surface area (Å²) >= 11 is 0. The maximum atomic E-state index is 2.35. The van der Waals surface area contributed by atoms with E-state index in [9.17, 15) is 0 Å². The molecule has 1 heteroatoms. The van der Waals surface area contributed by atoms with Crippen LogP contribution in [0.2, 0.25) is 0 Å². The van der Waals surface area contributed by atoms with E-state index in [1.54, 1.807) is 0 Å². The first kappa shape index (κ1) is 20.0. The lowest BCUT2D eigenvalue weighted by atomic mass is 10.0. The molecule has 0 aliphatic carbocycles. The zero-order chi connectivity index (χ0) is 15.9. The predicted octanol–water partition coefficient (Wildman–Crippen LogP) is 6.71. The van der Waals surface area contributed by atoms with Gasteiger partial charge in [0.25, 0.3) is 0 Å². The topological polar surface area (TPSA) is 0 Å². The summed E-state index contributed by atoms with van der Waals surface area (Å²) in [4.78, 5) is 0. The lowest BCUT2D eigenvalue weighted by Gasteiger charge is -2.42. The van der Waals surface area contributed by atoms with Crippen LogP contribution in [0.5, 0.6) is 0 Å². The number of likely N-dealkylation sites (tertiary alicyclic amines) is 1. The number of hydrogen-bond donors (Lipinski definition) is 0. The van der Waals surface area contributed by atoms with Crippen LogP contribution in [0.4, 0.5) is 0 Å². The first-order valence-corrected chi connectivity index (χ1v) is 10.7. The van der Waals surface area contributed by atoms with Crippen molar-refractivity contribution in [3.63, 3.8) is 0 Å². The van der Waals surface area contributed by atoms with Crippen LogP contribution in [0, 0.1) is 0 Å². The first-order chi connectivity index (χ1) is 10.8. The Hall–Kier alpha value is -0.0400. The van der Waals surface area contributed by atoms with Crippen LogP contribution >= 0.6 is 0 Å². The summed E-state index contributed by atoms with van der Waals surface area (Å²) in [6.07, 6.45) is 22.0. The molecular formula is C21H44N+. The fourth-order valence-electron chi connectivity index (χ4n) is 4.17. The Morgan fingerprint density at radius 3 is 1.50 bits per heavy atom. The van der Waals surface area contributed by atoms with Crippen LogP contribution in [0.25, 0.3) is 0 Å². The van der Waals surface area contributed by atoms with Gasteiger partial charge in [-0.2, -0.15) is 0 Å². The average Bonchev–Trinajstić information content (AvgIpc) is 2.56. The van der Waals surface area contributed by atoms with E-state index in [1.807, 2.05) is 0 Å². The summed E-state index contributed by atoms with van der Waals surface area (Å²) in [5.41, 5.74) is 0. The Balaban J connectivity index is 2.01. The van der Waals surface area contributed by atoms with Crippen LogP contribution < -0.4 is 0 Å². The van der Waals surface area contributed by atoms with Gasteiger partial charge < -0.3 is 4.48 Å². The van der Waals surface area contributed by atoms with Gasteiger partial charge in [0.1, 0.15) is 0 Å². The first-order valence-electron chi connectivity index (χ1n) is 10.7. The van der Waals surface area contributed by atoms with E-state index in [2.05, 4.69) is 13.8 Å². The van der Waals surface area contributed by atoms with E-state index in [1.165, 1.54) is 127 Å². The predicted molar refractivity (Wildman–Crippen MR) is 100 cm³/mol. The Morgan fingerprint density at radius 1 is 0.500 bits per heavy atom. The monoisotopic (exact) mass is 310 g/mol. The Morgan fingerprint density at radius 2 is 0.955 bits per heavy atom. The van der Waals surface area contributed by atoms with Crippen molar-refractivity contribution < 1.29 is 4.48 Å². The molecule has 1 fully saturated rings. The van der Waals surface area contributed by atoms with Crippen molar-refractivity contribution >= 4 is 0 Å². The van der Waals surface area contributed by atoms with Gasteiger partial charge in [-0.1, -0.05) is 71.6 Å². The van der Waals surface area contributed by atoms with Gasteiger partial charge in [0.2, 0.25) is 0 Å². The third-order valence-corrected chi connectivity index (χ3v) is 5.74. The number of quaternary nitrogens is 1. The largest absolute Gasteiger partial charge is 0.324 e. The van der Waals surface area contributed by atoms with Crippen LogP contribution in [-0.4, -0.2) is 30.7 Å². The lowest BCUT2D eigenvalue weighted by molar-refractivity contribution is -0.932. The van der Waals surface area contributed by atoms with Crippen LogP contribution in [0.3, 0.4) is 0 Å². The second-order valence-electron chi connectivity index (χ2n) is 7.83. The molecule has 0 N–H and O–H groups in total. The minimum Gasteiger partial charge on any atom is -0.324 e. The third-order valence-electron chi connectivity index (χ3n) is 5.74. The van der Waals surface area contributed by atoms with Gasteiger partial charge in [0, 0.05) is 0 Å². The molecular weight excluding hydrogens is 266 g/mol. The lowest BCUT2D eigenvalue weighted by Crippen LogP contribution is -2.52. The molecule has 0 atom stereocenters. The third kappa shape index (κ3) is 9.18. The van der Waals surface area contributed by atoms with Crippen molar-refractivity contribution in [2.24, 2.45) is 0 Å². The number of rotatable bonds is 14. The van der Waals surface area contributed by atoms with Crippen LogP contribution in [-0.2, 0) is 0 Å². The van der Waals surface area contributed by atoms with Crippen LogP contribution in [0.1, 0.15) is 110 Å². The van der Waals surface area contributed by atoms with Gasteiger partial charge in [0.05, 0.1) is 26.2 Å². The molecule has 1 saturated heterocycles. The molecule has 1 aliphatic rings. The summed E-state index contributed by atoms with van der Waals surface area (Å²) in [5.74, 6) is 0. The smallest absolute Gasteiger partial charge is 0.0786 e. The van der Waals surface area contributed by atoms with Gasteiger partial charge in [-0.15, -0.1) is 0 Å². The van der Waals surface area contributed by atoms with E-state index in [0.29, 0.717) is 0 Å². The molecule has 0 bridgehead atoms. The second-order valence-corrected chi connectivity index (χ2v) is 7.83. The summed E-state index contributed by atoms with van der Waals surface area (Å²) in [6, 6.07) is 0. The molecule has 0 amide bonds. The number of unbranched alkanes of at least 4 members (excludes halogenated alkanes) is 10. The van der Waals surface area contributed by atoms with E-state index in [-0.39, 0.29) is 0 Å². The fourth-order valence-corrected chi connectivity index (χ4v) is 4.17. The quantitative estimate of drug-likeness (QED) is 0.247. The van der Waals surface area contributed by atoms with Crippen molar-refractivity contribution in [1.29, 1.82) is 0 Å². The van der Waals surface area contributed by atoms with Gasteiger partial charge >= 0.3 is 0 Å². The van der Waals surface area contributed by atoms with Gasteiger partial charge in [0.15, 0.2) is 0 Å². The molecule has 22 heavy (non-hydrogen) atoms. The van der Waals surface area contributed by atoms with Crippen LogP contribution in [0.15, 0.2) is 0 Å². The van der Waals surface area contributed by atoms with Gasteiger partial charge in [-0.05, 0) is 38.5 Å². The minimum absolute atomic E-state index is 1.37. The molecule has 132 valence electrons. The van der Waals surface area contributed by atoms with E-state index < -0.39 is 0 Å². The molecule has 1 aliphatic heterocycles. The molecule has 0 spiro atoms. The Kier molecular flexibility index (Phi) is 12.2. The van der Waals surface area contributed by atoms with Gasteiger partial charge in [-0.25, -0.2) is 0 Å². The fraction of sp³-hybridized carbons (Fsp3) is 1.00. The maximum absolute atomic E-state index is 2.35. The molecule has 0 aromatic rings.